The summed E-state index contributed by atoms with van der Waals surface area (Å²) >= 11 is 0. The summed E-state index contributed by atoms with van der Waals surface area (Å²) in [5.41, 5.74) is -12.0. The first-order valence-corrected chi connectivity index (χ1v) is 5.07. The van der Waals surface area contributed by atoms with Gasteiger partial charge in [0.05, 0.1) is 0 Å². The molecule has 0 aromatic carbocycles. The fourth-order valence-electron chi connectivity index (χ4n) is 0.319. The van der Waals surface area contributed by atoms with Gasteiger partial charge in [-0.1, -0.05) is 0 Å². The molecule has 0 aliphatic heterocycles. The lowest BCUT2D eigenvalue weighted by Crippen LogP contribution is -2.29. The van der Waals surface area contributed by atoms with Gasteiger partial charge in [-0.25, -0.2) is 4.57 Å². The van der Waals surface area contributed by atoms with Gasteiger partial charge in [0.25, 0.3) is 0 Å². The molecule has 0 saturated heterocycles. The van der Waals surface area contributed by atoms with E-state index in [4.69, 9.17) is 0 Å². The predicted molar refractivity (Wildman–Crippen MR) is 31.7 cm³/mol. The Kier molecular flexibility index (Phi) is 3.71. The third-order valence-corrected chi connectivity index (χ3v) is 2.91. The van der Waals surface area contributed by atoms with Gasteiger partial charge in [0.2, 0.25) is 0 Å². The molecule has 14 heavy (non-hydrogen) atoms. The van der Waals surface area contributed by atoms with Crippen LogP contribution in [-0.2, 0) is 15.3 Å². The van der Waals surface area contributed by atoms with Gasteiger partial charge in [0.15, 0.2) is 0 Å². The minimum atomic E-state index is -6.72. The van der Waals surface area contributed by atoms with E-state index in [0.717, 1.165) is 4.13 Å². The van der Waals surface area contributed by atoms with E-state index in [9.17, 15) is 39.3 Å². The van der Waals surface area contributed by atoms with Crippen molar-refractivity contribution in [3.63, 3.8) is 0 Å². The van der Waals surface area contributed by atoms with Gasteiger partial charge in [-0.2, -0.15) is 26.3 Å². The Morgan fingerprint density at radius 2 is 1.21 bits per heavy atom. The molecule has 0 amide bonds. The van der Waals surface area contributed by atoms with E-state index in [-0.39, 0.29) is 0 Å². The Balaban J connectivity index is 5.37. The van der Waals surface area contributed by atoms with Crippen molar-refractivity contribution in [2.45, 2.75) is 11.0 Å². The highest BCUT2D eigenvalue weighted by Crippen LogP contribution is 2.54. The fourth-order valence-corrected chi connectivity index (χ4v) is 2.08. The molecule has 2 nitrogen and oxygen atoms in total. The van der Waals surface area contributed by atoms with Gasteiger partial charge in [-0.05, 0) is 0 Å². The monoisotopic (exact) mass is 269 g/mol. The van der Waals surface area contributed by atoms with Crippen LogP contribution < -0.4 is 0 Å². The highest BCUT2D eigenvalue weighted by Gasteiger charge is 2.53. The maximum Gasteiger partial charge on any atom is 0.536 e. The van der Waals surface area contributed by atoms with Crippen molar-refractivity contribution >= 4 is 18.6 Å². The lowest BCUT2D eigenvalue weighted by molar-refractivity contribution is -0.0748. The Bertz CT molecular complexity index is 269. The van der Waals surface area contributed by atoms with Crippen molar-refractivity contribution in [3.05, 3.63) is 0 Å². The van der Waals surface area contributed by atoms with Crippen LogP contribution in [0.3, 0.4) is 0 Å². The van der Waals surface area contributed by atoms with Crippen molar-refractivity contribution in [1.29, 1.82) is 0 Å². The van der Waals surface area contributed by atoms with Gasteiger partial charge in [-0.3, -0.25) is 0 Å². The van der Waals surface area contributed by atoms with E-state index in [1.54, 1.807) is 0 Å². The largest absolute Gasteiger partial charge is 0.536 e. The number of hydrogen-bond donors (Lipinski definition) is 0. The number of halogens is 8. The average Bonchev–Trinajstić information content (AvgIpc) is 1.75. The summed E-state index contributed by atoms with van der Waals surface area (Å²) in [6.07, 6.45) is 0. The molecule has 12 heteroatoms. The number of rotatable bonds is 1. The zero-order valence-electron chi connectivity index (χ0n) is 5.73. The van der Waals surface area contributed by atoms with Gasteiger partial charge in [0.1, 0.15) is 10.7 Å². The molecule has 0 saturated carbocycles. The van der Waals surface area contributed by atoms with Crippen molar-refractivity contribution < 1.29 is 39.3 Å². The zero-order valence-corrected chi connectivity index (χ0v) is 7.45. The molecule has 0 spiro atoms. The summed E-state index contributed by atoms with van der Waals surface area (Å²) in [6, 6.07) is 0. The molecule has 0 atom stereocenters. The molecular formula is C2F8NOPS. The van der Waals surface area contributed by atoms with Crippen LogP contribution in [0.2, 0.25) is 0 Å². The van der Waals surface area contributed by atoms with E-state index >= 15 is 0 Å². The summed E-state index contributed by atoms with van der Waals surface area (Å²) in [6.45, 7) is 0. The van der Waals surface area contributed by atoms with Crippen LogP contribution in [0.15, 0.2) is 4.13 Å². The van der Waals surface area contributed by atoms with Crippen LogP contribution in [0, 0.1) is 0 Å². The molecule has 0 bridgehead atoms. The summed E-state index contributed by atoms with van der Waals surface area (Å²) in [4.78, 5) is 0. The van der Waals surface area contributed by atoms with Gasteiger partial charge in [0, 0.05) is 0 Å². The first-order valence-electron chi connectivity index (χ1n) is 2.45. The van der Waals surface area contributed by atoms with Gasteiger partial charge >= 0.3 is 18.9 Å². The van der Waals surface area contributed by atoms with E-state index < -0.39 is 29.6 Å². The normalized spacial score (nSPS) is 14.6. The average molecular weight is 269 g/mol. The van der Waals surface area contributed by atoms with E-state index in [1.807, 2.05) is 0 Å². The molecule has 0 aromatic heterocycles. The topological polar surface area (TPSA) is 29.4 Å². The van der Waals surface area contributed by atoms with Crippen molar-refractivity contribution in [3.8, 4) is 0 Å². The molecular weight excluding hydrogens is 269 g/mol. The van der Waals surface area contributed by atoms with Crippen LogP contribution >= 0.6 is 7.91 Å². The predicted octanol–water partition coefficient (Wildman–Crippen LogP) is 3.87. The molecule has 0 aliphatic rings. The third kappa shape index (κ3) is 4.89. The molecule has 0 N–H and O–H groups in total. The van der Waals surface area contributed by atoms with Crippen LogP contribution in [0.25, 0.3) is 0 Å². The number of alkyl halides is 6. The second kappa shape index (κ2) is 3.76. The number of hydrogen-bond acceptors (Lipinski definition) is 1. The zero-order chi connectivity index (χ0) is 11.8. The van der Waals surface area contributed by atoms with E-state index in [2.05, 4.69) is 0 Å². The lowest BCUT2D eigenvalue weighted by atomic mass is 11.5. The van der Waals surface area contributed by atoms with Gasteiger partial charge in [-0.15, -0.1) is 12.5 Å². The fraction of sp³-hybridized carbons (Fsp3) is 1.00. The molecule has 0 fully saturated rings. The summed E-state index contributed by atoms with van der Waals surface area (Å²) < 4.78 is 102. The Hall–Kier alpha value is -0.180. The molecule has 0 rings (SSSR count). The summed E-state index contributed by atoms with van der Waals surface area (Å²) in [5.74, 6) is 0. The molecule has 0 aromatic rings. The van der Waals surface area contributed by atoms with Crippen molar-refractivity contribution in [1.82, 2.24) is 0 Å². The lowest BCUT2D eigenvalue weighted by Gasteiger charge is -2.13. The third-order valence-electron chi connectivity index (χ3n) is 0.615. The minimum absolute atomic E-state index is 0.951. The van der Waals surface area contributed by atoms with Crippen LogP contribution in [0.1, 0.15) is 0 Å². The standard InChI is InChI=1S/C2F8NOPS/c3-1(4,5)14(2(6,7)8)11-13(9,10)12. The smallest absolute Gasteiger partial charge is 0.223 e. The van der Waals surface area contributed by atoms with Crippen LogP contribution in [0.4, 0.5) is 34.7 Å². The van der Waals surface area contributed by atoms with Crippen LogP contribution in [-0.4, -0.2) is 11.0 Å². The van der Waals surface area contributed by atoms with Crippen molar-refractivity contribution in [2.75, 3.05) is 0 Å². The molecule has 0 aliphatic carbocycles. The molecule has 0 unspecified atom stereocenters. The van der Waals surface area contributed by atoms with E-state index in [1.165, 1.54) is 0 Å². The summed E-state index contributed by atoms with van der Waals surface area (Å²) in [5, 5.41) is 0. The van der Waals surface area contributed by atoms with Crippen LogP contribution in [0.5, 0.6) is 0 Å². The Morgan fingerprint density at radius 1 is 0.929 bits per heavy atom. The molecule has 86 valence electrons. The SMILES string of the molecule is O=P(F)(F)N=S(C(F)(F)F)C(F)(F)F. The first kappa shape index (κ1) is 13.8. The van der Waals surface area contributed by atoms with Crippen molar-refractivity contribution in [2.24, 2.45) is 4.13 Å². The molecule has 0 radical (unpaired) electrons. The maximum absolute atomic E-state index is 11.5. The maximum atomic E-state index is 11.5. The Morgan fingerprint density at radius 3 is 1.29 bits per heavy atom. The highest BCUT2D eigenvalue weighted by molar-refractivity contribution is 7.92. The highest BCUT2D eigenvalue weighted by atomic mass is 32.2. The second-order valence-corrected chi connectivity index (χ2v) is 4.71. The first-order chi connectivity index (χ1) is 5.84. The summed E-state index contributed by atoms with van der Waals surface area (Å²) in [7, 11) is -11.6. The Labute approximate surface area is 74.0 Å². The second-order valence-electron chi connectivity index (χ2n) is 1.69. The van der Waals surface area contributed by atoms with Gasteiger partial charge < -0.3 is 0 Å². The quantitative estimate of drug-likeness (QED) is 0.524. The number of nitrogens with zero attached hydrogens (tertiary/aromatic N) is 1. The molecule has 0 heterocycles. The van der Waals surface area contributed by atoms with E-state index in [0.29, 0.717) is 0 Å². The minimum Gasteiger partial charge on any atom is -0.223 e.